The van der Waals surface area contributed by atoms with Gasteiger partial charge in [0.15, 0.2) is 0 Å². The third-order valence-electron chi connectivity index (χ3n) is 7.04. The van der Waals surface area contributed by atoms with E-state index in [1.807, 2.05) is 0 Å². The molecule has 2 aromatic rings. The normalized spacial score (nSPS) is 15.0. The van der Waals surface area contributed by atoms with Crippen LogP contribution in [-0.4, -0.2) is 50.0 Å². The van der Waals surface area contributed by atoms with Crippen LogP contribution in [-0.2, 0) is 32.3 Å². The van der Waals surface area contributed by atoms with Crippen molar-refractivity contribution >= 4 is 50.7 Å². The third-order valence-corrected chi connectivity index (χ3v) is 8.97. The molecule has 2 aromatic carbocycles. The Labute approximate surface area is 249 Å². The summed E-state index contributed by atoms with van der Waals surface area (Å²) in [4.78, 5) is 28.3. The summed E-state index contributed by atoms with van der Waals surface area (Å²) in [6.45, 7) is 1.64. The molecule has 1 aliphatic carbocycles. The Morgan fingerprint density at radius 1 is 1.07 bits per heavy atom. The Kier molecular flexibility index (Phi) is 11.4. The molecule has 1 atom stereocenters. The van der Waals surface area contributed by atoms with Gasteiger partial charge in [0.05, 0.1) is 27.6 Å². The fourth-order valence-corrected chi connectivity index (χ4v) is 6.24. The number of alkyl halides is 3. The van der Waals surface area contributed by atoms with Crippen molar-refractivity contribution in [1.82, 2.24) is 10.2 Å². The van der Waals surface area contributed by atoms with E-state index in [-0.39, 0.29) is 43.6 Å². The first-order chi connectivity index (χ1) is 19.2. The maximum Gasteiger partial charge on any atom is 0.416 e. The lowest BCUT2D eigenvalue weighted by Gasteiger charge is -2.32. The van der Waals surface area contributed by atoms with Gasteiger partial charge in [-0.15, -0.1) is 0 Å². The number of amides is 2. The van der Waals surface area contributed by atoms with Gasteiger partial charge in [0.2, 0.25) is 21.8 Å². The van der Waals surface area contributed by atoms with E-state index in [4.69, 9.17) is 23.2 Å². The number of carbonyl (C=O) groups excluding carboxylic acids is 2. The molecule has 1 unspecified atom stereocenters. The van der Waals surface area contributed by atoms with Crippen LogP contribution in [0, 0.1) is 0 Å². The van der Waals surface area contributed by atoms with Crippen molar-refractivity contribution < 1.29 is 31.2 Å². The number of rotatable bonds is 12. The number of anilines is 1. The van der Waals surface area contributed by atoms with Crippen molar-refractivity contribution in [2.45, 2.75) is 76.7 Å². The standard InChI is InChI=1S/C28H34Cl2F3N3O4S/c1-3-25(27(38)34-21-9-4-5-10-21)35(18-19-13-14-23(29)24(30)16-19)26(37)12-7-15-36(41(2,39)40)22-11-6-8-20(17-22)28(31,32)33/h6,8,11,13-14,16-17,21,25H,3-5,7,9-10,12,15,18H2,1-2H3,(H,34,38). The van der Waals surface area contributed by atoms with E-state index < -0.39 is 33.7 Å². The average molecular weight is 637 g/mol. The van der Waals surface area contributed by atoms with Gasteiger partial charge in [0.1, 0.15) is 6.04 Å². The third kappa shape index (κ3) is 9.24. The average Bonchev–Trinajstić information content (AvgIpc) is 3.40. The fourth-order valence-electron chi connectivity index (χ4n) is 4.96. The smallest absolute Gasteiger partial charge is 0.352 e. The van der Waals surface area contributed by atoms with Crippen molar-refractivity contribution in [1.29, 1.82) is 0 Å². The molecule has 2 amide bonds. The highest BCUT2D eigenvalue weighted by molar-refractivity contribution is 7.92. The van der Waals surface area contributed by atoms with E-state index in [2.05, 4.69) is 5.32 Å². The van der Waals surface area contributed by atoms with Crippen LogP contribution in [0.3, 0.4) is 0 Å². The number of carbonyl (C=O) groups is 2. The number of halogens is 5. The maximum atomic E-state index is 13.6. The summed E-state index contributed by atoms with van der Waals surface area (Å²) >= 11 is 12.2. The van der Waals surface area contributed by atoms with Gasteiger partial charge >= 0.3 is 6.18 Å². The van der Waals surface area contributed by atoms with Crippen LogP contribution in [0.5, 0.6) is 0 Å². The number of nitrogens with one attached hydrogen (secondary N) is 1. The fraction of sp³-hybridized carbons (Fsp3) is 0.500. The number of benzene rings is 2. The molecule has 1 N–H and O–H groups in total. The molecule has 0 spiro atoms. The zero-order valence-corrected chi connectivity index (χ0v) is 25.2. The summed E-state index contributed by atoms with van der Waals surface area (Å²) in [6.07, 6.45) is 0.262. The largest absolute Gasteiger partial charge is 0.416 e. The predicted octanol–water partition coefficient (Wildman–Crippen LogP) is 6.42. The minimum Gasteiger partial charge on any atom is -0.352 e. The molecule has 41 heavy (non-hydrogen) atoms. The lowest BCUT2D eigenvalue weighted by molar-refractivity contribution is -0.141. The van der Waals surface area contributed by atoms with Crippen LogP contribution in [0.2, 0.25) is 10.0 Å². The highest BCUT2D eigenvalue weighted by Gasteiger charge is 2.33. The monoisotopic (exact) mass is 635 g/mol. The SMILES string of the molecule is CCC(C(=O)NC1CCCC1)N(Cc1ccc(Cl)c(Cl)c1)C(=O)CCCN(c1cccc(C(F)(F)F)c1)S(C)(=O)=O. The van der Waals surface area contributed by atoms with Gasteiger partial charge in [-0.05, 0) is 61.6 Å². The van der Waals surface area contributed by atoms with Gasteiger partial charge < -0.3 is 10.2 Å². The highest BCUT2D eigenvalue weighted by atomic mass is 35.5. The van der Waals surface area contributed by atoms with Crippen molar-refractivity contribution in [3.63, 3.8) is 0 Å². The van der Waals surface area contributed by atoms with Crippen molar-refractivity contribution in [2.75, 3.05) is 17.1 Å². The lowest BCUT2D eigenvalue weighted by Crippen LogP contribution is -2.51. The van der Waals surface area contributed by atoms with E-state index in [0.29, 0.717) is 22.0 Å². The zero-order valence-electron chi connectivity index (χ0n) is 22.9. The van der Waals surface area contributed by atoms with Gasteiger partial charge in [-0.3, -0.25) is 13.9 Å². The molecule has 0 radical (unpaired) electrons. The van der Waals surface area contributed by atoms with E-state index in [1.165, 1.54) is 11.0 Å². The minimum atomic E-state index is -4.64. The molecule has 1 saturated carbocycles. The first-order valence-corrected chi connectivity index (χ1v) is 16.0. The molecule has 1 fully saturated rings. The maximum absolute atomic E-state index is 13.6. The van der Waals surface area contributed by atoms with Crippen LogP contribution in [0.4, 0.5) is 18.9 Å². The van der Waals surface area contributed by atoms with Gasteiger partial charge in [0.25, 0.3) is 0 Å². The predicted molar refractivity (Wildman–Crippen MR) is 154 cm³/mol. The summed E-state index contributed by atoms with van der Waals surface area (Å²) in [5, 5.41) is 3.68. The summed E-state index contributed by atoms with van der Waals surface area (Å²) < 4.78 is 65.5. The van der Waals surface area contributed by atoms with E-state index >= 15 is 0 Å². The minimum absolute atomic E-state index is 0.0146. The molecule has 0 saturated heterocycles. The Bertz CT molecular complexity index is 1340. The van der Waals surface area contributed by atoms with E-state index in [1.54, 1.807) is 25.1 Å². The van der Waals surface area contributed by atoms with Gasteiger partial charge in [0, 0.05) is 25.6 Å². The van der Waals surface area contributed by atoms with Gasteiger partial charge in [-0.25, -0.2) is 8.42 Å². The number of hydrogen-bond acceptors (Lipinski definition) is 4. The first-order valence-electron chi connectivity index (χ1n) is 13.4. The second-order valence-electron chi connectivity index (χ2n) is 10.2. The van der Waals surface area contributed by atoms with Crippen molar-refractivity contribution in [2.24, 2.45) is 0 Å². The zero-order chi connectivity index (χ0) is 30.4. The molecule has 7 nitrogen and oxygen atoms in total. The molecule has 0 heterocycles. The molecule has 1 aliphatic rings. The number of nitrogens with zero attached hydrogens (tertiary/aromatic N) is 2. The molecular weight excluding hydrogens is 602 g/mol. The second kappa shape index (κ2) is 14.1. The lowest BCUT2D eigenvalue weighted by atomic mass is 10.1. The Hall–Kier alpha value is -2.50. The van der Waals surface area contributed by atoms with E-state index in [9.17, 15) is 31.2 Å². The number of hydrogen-bond donors (Lipinski definition) is 1. The molecule has 0 aliphatic heterocycles. The molecule has 0 aromatic heterocycles. The van der Waals surface area contributed by atoms with Crippen LogP contribution in [0.25, 0.3) is 0 Å². The Balaban J connectivity index is 1.80. The summed E-state index contributed by atoms with van der Waals surface area (Å²) in [6, 6.07) is 8.21. The molecule has 0 bridgehead atoms. The second-order valence-corrected chi connectivity index (χ2v) is 12.9. The summed E-state index contributed by atoms with van der Waals surface area (Å²) in [5.41, 5.74) is -0.474. The first kappa shape index (κ1) is 33.0. The van der Waals surface area contributed by atoms with Crippen LogP contribution < -0.4 is 9.62 Å². The Morgan fingerprint density at radius 3 is 2.34 bits per heavy atom. The van der Waals surface area contributed by atoms with Gasteiger partial charge in [-0.2, -0.15) is 13.2 Å². The molecule has 3 rings (SSSR count). The van der Waals surface area contributed by atoms with Crippen molar-refractivity contribution in [3.05, 3.63) is 63.6 Å². The van der Waals surface area contributed by atoms with Gasteiger partial charge in [-0.1, -0.05) is 55.1 Å². The number of sulfonamides is 1. The summed E-state index contributed by atoms with van der Waals surface area (Å²) in [5.74, 6) is -0.670. The topological polar surface area (TPSA) is 86.8 Å². The van der Waals surface area contributed by atoms with Crippen LogP contribution in [0.15, 0.2) is 42.5 Å². The van der Waals surface area contributed by atoms with Crippen LogP contribution in [0.1, 0.15) is 63.0 Å². The molecular formula is C28H34Cl2F3N3O4S. The quantitative estimate of drug-likeness (QED) is 0.291. The van der Waals surface area contributed by atoms with Crippen molar-refractivity contribution in [3.8, 4) is 0 Å². The van der Waals surface area contributed by atoms with E-state index in [0.717, 1.165) is 54.4 Å². The Morgan fingerprint density at radius 2 is 1.76 bits per heavy atom. The summed E-state index contributed by atoms with van der Waals surface area (Å²) in [7, 11) is -3.95. The molecule has 13 heteroatoms. The molecule has 226 valence electrons. The van der Waals surface area contributed by atoms with Crippen LogP contribution >= 0.6 is 23.2 Å². The highest BCUT2D eigenvalue weighted by Crippen LogP contribution is 2.32.